The lowest BCUT2D eigenvalue weighted by Gasteiger charge is -2.05. The third-order valence-electron chi connectivity index (χ3n) is 3.22. The van der Waals surface area contributed by atoms with E-state index in [1.165, 1.54) is 36.5 Å². The molecule has 0 unspecified atom stereocenters. The molecule has 1 aromatic carbocycles. The summed E-state index contributed by atoms with van der Waals surface area (Å²) in [6, 6.07) is 7.74. The largest absolute Gasteiger partial charge is 0.471 e. The highest BCUT2D eigenvalue weighted by atomic mass is 19.4. The van der Waals surface area contributed by atoms with E-state index in [1.54, 1.807) is 0 Å². The monoisotopic (exact) mass is 363 g/mol. The SMILES string of the molecule is N=C(C(=O)n1ncccc1=O)c1ccc(-c2noc(C(F)(F)F)n2)cc1. The van der Waals surface area contributed by atoms with Gasteiger partial charge in [0.05, 0.1) is 0 Å². The minimum absolute atomic E-state index is 0.135. The molecule has 8 nitrogen and oxygen atoms in total. The van der Waals surface area contributed by atoms with E-state index in [0.29, 0.717) is 4.68 Å². The topological polar surface area (TPSA) is 115 Å². The second-order valence-corrected chi connectivity index (χ2v) is 4.95. The zero-order valence-corrected chi connectivity index (χ0v) is 12.7. The number of carbonyl (C=O) groups excluding carboxylic acids is 1. The minimum Gasteiger partial charge on any atom is -0.329 e. The van der Waals surface area contributed by atoms with Crippen molar-refractivity contribution in [3.8, 4) is 11.4 Å². The van der Waals surface area contributed by atoms with Gasteiger partial charge in [-0.1, -0.05) is 29.4 Å². The fourth-order valence-corrected chi connectivity index (χ4v) is 1.98. The van der Waals surface area contributed by atoms with E-state index in [0.717, 1.165) is 6.07 Å². The van der Waals surface area contributed by atoms with Gasteiger partial charge in [0, 0.05) is 23.4 Å². The van der Waals surface area contributed by atoms with Crippen LogP contribution in [-0.2, 0) is 6.18 Å². The van der Waals surface area contributed by atoms with Crippen LogP contribution >= 0.6 is 0 Å². The van der Waals surface area contributed by atoms with Gasteiger partial charge in [-0.15, -0.1) is 0 Å². The fourth-order valence-electron chi connectivity index (χ4n) is 1.98. The van der Waals surface area contributed by atoms with Gasteiger partial charge < -0.3 is 4.52 Å². The van der Waals surface area contributed by atoms with E-state index >= 15 is 0 Å². The third kappa shape index (κ3) is 3.27. The Morgan fingerprint density at radius 3 is 2.42 bits per heavy atom. The van der Waals surface area contributed by atoms with E-state index in [-0.39, 0.29) is 17.0 Å². The predicted molar refractivity (Wildman–Crippen MR) is 80.7 cm³/mol. The summed E-state index contributed by atoms with van der Waals surface area (Å²) in [5, 5.41) is 14.7. The molecular weight excluding hydrogens is 355 g/mol. The lowest BCUT2D eigenvalue weighted by molar-refractivity contribution is -0.159. The molecule has 0 aliphatic rings. The molecule has 2 aromatic heterocycles. The summed E-state index contributed by atoms with van der Waals surface area (Å²) in [5.74, 6) is -2.71. The van der Waals surface area contributed by atoms with Crippen molar-refractivity contribution in [2.75, 3.05) is 0 Å². The van der Waals surface area contributed by atoms with Crippen molar-refractivity contribution < 1.29 is 22.5 Å². The molecule has 1 N–H and O–H groups in total. The van der Waals surface area contributed by atoms with Gasteiger partial charge in [-0.25, -0.2) is 0 Å². The van der Waals surface area contributed by atoms with Crippen LogP contribution in [0.25, 0.3) is 11.4 Å². The number of halogens is 3. The number of nitrogens with one attached hydrogen (secondary N) is 1. The summed E-state index contributed by atoms with van der Waals surface area (Å²) in [6.45, 7) is 0. The number of rotatable bonds is 3. The molecule has 0 spiro atoms. The highest BCUT2D eigenvalue weighted by molar-refractivity contribution is 6.44. The molecule has 0 aliphatic heterocycles. The van der Waals surface area contributed by atoms with Crippen LogP contribution < -0.4 is 5.56 Å². The smallest absolute Gasteiger partial charge is 0.329 e. The molecule has 0 aliphatic carbocycles. The Bertz CT molecular complexity index is 1040. The molecule has 132 valence electrons. The molecule has 3 rings (SSSR count). The standard InChI is InChI=1S/C15H8F3N5O3/c16-15(17,18)14-21-12(22-26-14)9-5-3-8(4-6-9)11(19)13(25)23-10(24)2-1-7-20-23/h1-7,19H. The zero-order chi connectivity index (χ0) is 18.9. The van der Waals surface area contributed by atoms with Crippen molar-refractivity contribution in [1.29, 1.82) is 5.41 Å². The van der Waals surface area contributed by atoms with E-state index in [2.05, 4.69) is 19.8 Å². The van der Waals surface area contributed by atoms with Gasteiger partial charge in [-0.3, -0.25) is 15.0 Å². The number of nitrogens with zero attached hydrogens (tertiary/aromatic N) is 4. The number of carbonyl (C=O) groups is 1. The third-order valence-corrected chi connectivity index (χ3v) is 3.22. The van der Waals surface area contributed by atoms with E-state index < -0.39 is 29.2 Å². The highest BCUT2D eigenvalue weighted by Crippen LogP contribution is 2.29. The van der Waals surface area contributed by atoms with E-state index in [9.17, 15) is 22.8 Å². The molecule has 0 radical (unpaired) electrons. The van der Waals surface area contributed by atoms with Crippen LogP contribution in [-0.4, -0.2) is 31.5 Å². The van der Waals surface area contributed by atoms with Crippen molar-refractivity contribution in [3.05, 3.63) is 64.4 Å². The summed E-state index contributed by atoms with van der Waals surface area (Å²) >= 11 is 0. The summed E-state index contributed by atoms with van der Waals surface area (Å²) in [4.78, 5) is 27.0. The molecule has 0 saturated heterocycles. The molecule has 0 amide bonds. The molecule has 26 heavy (non-hydrogen) atoms. The van der Waals surface area contributed by atoms with Gasteiger partial charge in [0.25, 0.3) is 11.5 Å². The number of hydrogen-bond donors (Lipinski definition) is 1. The summed E-state index contributed by atoms with van der Waals surface area (Å²) in [7, 11) is 0. The average Bonchev–Trinajstić information content (AvgIpc) is 3.12. The first-order valence-corrected chi connectivity index (χ1v) is 6.96. The van der Waals surface area contributed by atoms with Crippen molar-refractivity contribution in [2.45, 2.75) is 6.18 Å². The molecule has 11 heteroatoms. The molecular formula is C15H8F3N5O3. The number of hydrogen-bond acceptors (Lipinski definition) is 7. The molecule has 0 fully saturated rings. The highest BCUT2D eigenvalue weighted by Gasteiger charge is 2.38. The predicted octanol–water partition coefficient (Wildman–Crippen LogP) is 2.02. The van der Waals surface area contributed by atoms with Gasteiger partial charge >= 0.3 is 12.1 Å². The van der Waals surface area contributed by atoms with Gasteiger partial charge in [-0.2, -0.15) is 27.9 Å². The molecule has 0 bridgehead atoms. The molecule has 0 atom stereocenters. The Morgan fingerprint density at radius 1 is 1.15 bits per heavy atom. The second-order valence-electron chi connectivity index (χ2n) is 4.95. The van der Waals surface area contributed by atoms with Crippen LogP contribution in [0.3, 0.4) is 0 Å². The Balaban J connectivity index is 1.84. The van der Waals surface area contributed by atoms with Crippen molar-refractivity contribution in [1.82, 2.24) is 19.9 Å². The summed E-state index contributed by atoms with van der Waals surface area (Å²) in [5.41, 5.74) is -0.870. The Hall–Kier alpha value is -3.63. The Kier molecular flexibility index (Phi) is 4.20. The molecule has 0 saturated carbocycles. The van der Waals surface area contributed by atoms with Crippen LogP contribution in [0, 0.1) is 5.41 Å². The summed E-state index contributed by atoms with van der Waals surface area (Å²) < 4.78 is 42.1. The molecule has 3 aromatic rings. The number of benzene rings is 1. The minimum atomic E-state index is -4.75. The van der Waals surface area contributed by atoms with E-state index in [1.807, 2.05) is 0 Å². The maximum absolute atomic E-state index is 12.5. The van der Waals surface area contributed by atoms with E-state index in [4.69, 9.17) is 5.41 Å². The van der Waals surface area contributed by atoms with Crippen molar-refractivity contribution in [3.63, 3.8) is 0 Å². The first-order chi connectivity index (χ1) is 12.3. The molecule has 2 heterocycles. The van der Waals surface area contributed by atoms with Gasteiger partial charge in [0.2, 0.25) is 5.82 Å². The normalized spacial score (nSPS) is 11.3. The van der Waals surface area contributed by atoms with Crippen LogP contribution in [0.4, 0.5) is 13.2 Å². The Morgan fingerprint density at radius 2 is 1.85 bits per heavy atom. The van der Waals surface area contributed by atoms with Crippen LogP contribution in [0.2, 0.25) is 0 Å². The average molecular weight is 363 g/mol. The van der Waals surface area contributed by atoms with Crippen molar-refractivity contribution in [2.24, 2.45) is 0 Å². The van der Waals surface area contributed by atoms with Crippen molar-refractivity contribution >= 4 is 11.6 Å². The quantitative estimate of drug-likeness (QED) is 0.712. The number of aromatic nitrogens is 4. The first kappa shape index (κ1) is 17.2. The Labute approximate surface area is 142 Å². The first-order valence-electron chi connectivity index (χ1n) is 6.96. The second kappa shape index (κ2) is 6.35. The van der Waals surface area contributed by atoms with Gasteiger partial charge in [0.15, 0.2) is 0 Å². The van der Waals surface area contributed by atoms with Crippen LogP contribution in [0.5, 0.6) is 0 Å². The number of alkyl halides is 3. The maximum Gasteiger partial charge on any atom is 0.471 e. The summed E-state index contributed by atoms with van der Waals surface area (Å²) in [6.07, 6.45) is -3.53. The van der Waals surface area contributed by atoms with Crippen LogP contribution in [0.1, 0.15) is 16.2 Å². The lowest BCUT2D eigenvalue weighted by atomic mass is 10.1. The zero-order valence-electron chi connectivity index (χ0n) is 12.7. The fraction of sp³-hybridized carbons (Fsp3) is 0.0667. The maximum atomic E-state index is 12.5. The van der Waals surface area contributed by atoms with Gasteiger partial charge in [0.1, 0.15) is 5.71 Å². The van der Waals surface area contributed by atoms with Crippen LogP contribution in [0.15, 0.2) is 51.9 Å². The van der Waals surface area contributed by atoms with Gasteiger partial charge in [-0.05, 0) is 6.07 Å². The lowest BCUT2D eigenvalue weighted by Crippen LogP contribution is -2.33.